The van der Waals surface area contributed by atoms with Crippen LogP contribution in [0, 0.1) is 0 Å². The molecule has 2 fully saturated rings. The van der Waals surface area contributed by atoms with Crippen LogP contribution in [0.1, 0.15) is 25.3 Å². The second-order valence-corrected chi connectivity index (χ2v) is 15.8. The number of para-hydroxylation sites is 2. The average molecular weight is 628 g/mol. The minimum absolute atomic E-state index is 0.464. The van der Waals surface area contributed by atoms with Crippen LogP contribution in [0.15, 0.2) is 60.7 Å². The number of ether oxygens (including phenoxy) is 1. The number of likely N-dealkylation sites (N-methyl/N-ethyl adjacent to an activating group) is 1. The zero-order chi connectivity index (χ0) is 31.6. The van der Waals surface area contributed by atoms with Crippen molar-refractivity contribution in [1.29, 1.82) is 0 Å². The normalized spacial score (nSPS) is 17.0. The second-order valence-electron chi connectivity index (χ2n) is 12.6. The fourth-order valence-electron chi connectivity index (χ4n) is 6.64. The van der Waals surface area contributed by atoms with E-state index in [2.05, 4.69) is 51.4 Å². The van der Waals surface area contributed by atoms with Gasteiger partial charge in [-0.2, -0.15) is 4.98 Å². The molecule has 45 heavy (non-hydrogen) atoms. The Hall–Kier alpha value is -3.65. The molecule has 0 spiro atoms. The Morgan fingerprint density at radius 3 is 2.31 bits per heavy atom. The Morgan fingerprint density at radius 2 is 1.60 bits per heavy atom. The number of nitrogens with zero attached hydrogens (tertiary/aromatic N) is 5. The van der Waals surface area contributed by atoms with E-state index in [0.29, 0.717) is 17.8 Å². The van der Waals surface area contributed by atoms with Crippen molar-refractivity contribution in [2.24, 2.45) is 0 Å². The Balaban J connectivity index is 1.26. The van der Waals surface area contributed by atoms with Crippen molar-refractivity contribution >= 4 is 52.2 Å². The van der Waals surface area contributed by atoms with Crippen LogP contribution in [0.2, 0.25) is 0 Å². The minimum Gasteiger partial charge on any atom is -0.494 e. The van der Waals surface area contributed by atoms with Gasteiger partial charge in [-0.1, -0.05) is 31.2 Å². The molecule has 2 aliphatic rings. The first-order chi connectivity index (χ1) is 21.7. The number of rotatable bonds is 9. The maximum Gasteiger partial charge on any atom is 0.229 e. The molecule has 238 valence electrons. The molecule has 1 aromatic heterocycles. The smallest absolute Gasteiger partial charge is 0.229 e. The van der Waals surface area contributed by atoms with Gasteiger partial charge in [0, 0.05) is 67.8 Å². The molecule has 10 heteroatoms. The summed E-state index contributed by atoms with van der Waals surface area (Å²) in [4.78, 5) is 17.4. The van der Waals surface area contributed by atoms with Crippen LogP contribution in [0.3, 0.4) is 0 Å². The molecule has 0 saturated carbocycles. The lowest BCUT2D eigenvalue weighted by atomic mass is 9.99. The van der Waals surface area contributed by atoms with Gasteiger partial charge in [0.05, 0.1) is 24.0 Å². The van der Waals surface area contributed by atoms with E-state index in [1.807, 2.05) is 48.5 Å². The molecule has 0 unspecified atom stereocenters. The fraction of sp³-hybridized carbons (Fsp3) is 0.429. The van der Waals surface area contributed by atoms with E-state index in [-0.39, 0.29) is 0 Å². The zero-order valence-electron chi connectivity index (χ0n) is 27.2. The van der Waals surface area contributed by atoms with Gasteiger partial charge in [-0.3, -0.25) is 4.90 Å². The molecule has 3 aromatic carbocycles. The van der Waals surface area contributed by atoms with Crippen molar-refractivity contribution in [1.82, 2.24) is 19.8 Å². The number of aryl methyl sites for hydroxylation is 1. The van der Waals surface area contributed by atoms with Crippen molar-refractivity contribution in [3.05, 3.63) is 66.2 Å². The number of nitrogens with one attached hydrogen (secondary N) is 2. The van der Waals surface area contributed by atoms with E-state index >= 15 is 0 Å². The molecule has 4 aromatic rings. The topological polar surface area (TPSA) is 85.9 Å². The summed E-state index contributed by atoms with van der Waals surface area (Å²) in [7, 11) is 1.42. The molecule has 2 saturated heterocycles. The van der Waals surface area contributed by atoms with E-state index in [1.54, 1.807) is 20.4 Å². The molecule has 0 aliphatic carbocycles. The molecule has 2 aliphatic heterocycles. The number of piperidine rings is 1. The van der Waals surface area contributed by atoms with E-state index < -0.39 is 7.14 Å². The predicted octanol–water partition coefficient (Wildman–Crippen LogP) is 6.15. The number of anilines is 5. The molecule has 0 atom stereocenters. The molecule has 2 N–H and O–H groups in total. The SMILES string of the molecule is CCc1cc(Nc2nc(Nc3ccccc3P(C)(C)=O)c3ccccc3n2)c(OC)cc1N1CCC(N2CCN(C)CC2)CC1. The summed E-state index contributed by atoms with van der Waals surface area (Å²) in [6.45, 7) is 12.6. The molecular formula is C35H46N7O2P. The number of fused-ring (bicyclic) bond motifs is 1. The minimum atomic E-state index is -2.52. The summed E-state index contributed by atoms with van der Waals surface area (Å²) in [5.41, 5.74) is 4.94. The molecule has 3 heterocycles. The number of methoxy groups -OCH3 is 1. The fourth-order valence-corrected chi connectivity index (χ4v) is 7.80. The van der Waals surface area contributed by atoms with Crippen molar-refractivity contribution in [2.45, 2.75) is 32.2 Å². The van der Waals surface area contributed by atoms with Crippen molar-refractivity contribution in [3.63, 3.8) is 0 Å². The second kappa shape index (κ2) is 13.4. The lowest BCUT2D eigenvalue weighted by molar-refractivity contribution is 0.0982. The first-order valence-electron chi connectivity index (χ1n) is 16.1. The van der Waals surface area contributed by atoms with Gasteiger partial charge in [0.2, 0.25) is 5.95 Å². The van der Waals surface area contributed by atoms with Gasteiger partial charge >= 0.3 is 0 Å². The highest BCUT2D eigenvalue weighted by Gasteiger charge is 2.28. The Bertz CT molecular complexity index is 1690. The van der Waals surface area contributed by atoms with Crippen molar-refractivity contribution in [2.75, 3.05) is 82.3 Å². The highest BCUT2D eigenvalue weighted by atomic mass is 31.2. The summed E-state index contributed by atoms with van der Waals surface area (Å²) in [6.07, 6.45) is 3.28. The standard InChI is InChI=1S/C35H46N7O2P/c1-6-25-23-30(32(44-3)24-31(25)42-17-15-26(16-18-42)41-21-19-40(2)20-22-41)38-35-37-28-12-8-7-11-27(28)34(39-35)36-29-13-9-10-14-33(29)45(4,5)43/h7-14,23-24,26H,6,15-22H2,1-5H3,(H2,36,37,38,39). The van der Waals surface area contributed by atoms with E-state index in [1.165, 1.54) is 37.2 Å². The lowest BCUT2D eigenvalue weighted by Crippen LogP contribution is -2.52. The van der Waals surface area contributed by atoms with Crippen molar-refractivity contribution in [3.8, 4) is 5.75 Å². The molecule has 0 amide bonds. The monoisotopic (exact) mass is 627 g/mol. The molecule has 0 radical (unpaired) electrons. The van der Waals surface area contributed by atoms with E-state index in [9.17, 15) is 4.57 Å². The third kappa shape index (κ3) is 6.96. The zero-order valence-corrected chi connectivity index (χ0v) is 28.1. The number of hydrogen-bond acceptors (Lipinski definition) is 9. The van der Waals surface area contributed by atoms with E-state index in [0.717, 1.165) is 65.9 Å². The van der Waals surface area contributed by atoms with Crippen molar-refractivity contribution < 1.29 is 9.30 Å². The van der Waals surface area contributed by atoms with E-state index in [4.69, 9.17) is 14.7 Å². The molecule has 9 nitrogen and oxygen atoms in total. The summed E-state index contributed by atoms with van der Waals surface area (Å²) < 4.78 is 19.0. The van der Waals surface area contributed by atoms with Gasteiger partial charge in [-0.25, -0.2) is 4.98 Å². The third-order valence-corrected chi connectivity index (χ3v) is 10.8. The van der Waals surface area contributed by atoms with Crippen LogP contribution in [0.25, 0.3) is 10.9 Å². The van der Waals surface area contributed by atoms with Gasteiger partial charge in [0.15, 0.2) is 0 Å². The maximum atomic E-state index is 13.1. The van der Waals surface area contributed by atoms with Crippen LogP contribution in [0.5, 0.6) is 5.75 Å². The highest BCUT2D eigenvalue weighted by molar-refractivity contribution is 7.70. The van der Waals surface area contributed by atoms with Gasteiger partial charge in [0.1, 0.15) is 18.7 Å². The van der Waals surface area contributed by atoms with Gasteiger partial charge in [-0.05, 0) is 75.5 Å². The first kappa shape index (κ1) is 31.3. The predicted molar refractivity (Wildman–Crippen MR) is 188 cm³/mol. The maximum absolute atomic E-state index is 13.1. The third-order valence-electron chi connectivity index (χ3n) is 9.23. The summed E-state index contributed by atoms with van der Waals surface area (Å²) in [5.74, 6) is 1.88. The van der Waals surface area contributed by atoms with Crippen LogP contribution < -0.4 is 25.6 Å². The van der Waals surface area contributed by atoms with Crippen LogP contribution in [-0.4, -0.2) is 92.6 Å². The van der Waals surface area contributed by atoms with Gasteiger partial charge in [0.25, 0.3) is 0 Å². The van der Waals surface area contributed by atoms with Crippen LogP contribution >= 0.6 is 7.14 Å². The molecular weight excluding hydrogens is 581 g/mol. The average Bonchev–Trinajstić information content (AvgIpc) is 3.05. The lowest BCUT2D eigenvalue weighted by Gasteiger charge is -2.43. The number of hydrogen-bond donors (Lipinski definition) is 2. The summed E-state index contributed by atoms with van der Waals surface area (Å²) >= 11 is 0. The van der Waals surface area contributed by atoms with Gasteiger partial charge in [-0.15, -0.1) is 0 Å². The Kier molecular flexibility index (Phi) is 9.31. The molecule has 0 bridgehead atoms. The molecule has 6 rings (SSSR count). The van der Waals surface area contributed by atoms with Crippen LogP contribution in [-0.2, 0) is 11.0 Å². The Labute approximate surface area is 267 Å². The van der Waals surface area contributed by atoms with Gasteiger partial charge < -0.3 is 29.7 Å². The summed E-state index contributed by atoms with van der Waals surface area (Å²) in [6, 6.07) is 20.7. The summed E-state index contributed by atoms with van der Waals surface area (Å²) in [5, 5.41) is 8.62. The number of piperazine rings is 1. The number of aromatic nitrogens is 2. The highest BCUT2D eigenvalue weighted by Crippen LogP contribution is 2.40. The largest absolute Gasteiger partial charge is 0.494 e. The van der Waals surface area contributed by atoms with Crippen LogP contribution in [0.4, 0.5) is 28.8 Å². The Morgan fingerprint density at radius 1 is 0.889 bits per heavy atom. The number of benzene rings is 3. The first-order valence-corrected chi connectivity index (χ1v) is 18.7. The quantitative estimate of drug-likeness (QED) is 0.212.